The molecule has 0 aromatic heterocycles. The summed E-state index contributed by atoms with van der Waals surface area (Å²) >= 11 is 0. The molecule has 0 nitrogen and oxygen atoms in total. The van der Waals surface area contributed by atoms with Gasteiger partial charge in [-0.1, -0.05) is 44.9 Å². The van der Waals surface area contributed by atoms with Crippen LogP contribution in [0.3, 0.4) is 0 Å². The maximum atomic E-state index is 3.79. The second-order valence-electron chi connectivity index (χ2n) is 5.54. The smallest absolute Gasteiger partial charge is 0.0323 e. The van der Waals surface area contributed by atoms with E-state index in [2.05, 4.69) is 40.3 Å². The van der Waals surface area contributed by atoms with Gasteiger partial charge in [0.1, 0.15) is 0 Å². The van der Waals surface area contributed by atoms with Gasteiger partial charge < -0.3 is 0 Å². The molecule has 0 bridgehead atoms. The van der Waals surface area contributed by atoms with E-state index < -0.39 is 0 Å². The molecule has 0 aliphatic rings. The van der Waals surface area contributed by atoms with Crippen LogP contribution in [0.4, 0.5) is 0 Å². The van der Waals surface area contributed by atoms with E-state index in [4.69, 9.17) is 0 Å². The molecule has 0 heteroatoms. The first-order valence-corrected chi connectivity index (χ1v) is 6.82. The molecule has 0 saturated heterocycles. The minimum atomic E-state index is 0.789. The average molecular weight is 222 g/mol. The van der Waals surface area contributed by atoms with Gasteiger partial charge in [-0.15, -0.1) is 6.58 Å². The molecule has 0 spiro atoms. The fraction of sp³-hybridized carbons (Fsp3) is 0.750. The second kappa shape index (κ2) is 9.69. The predicted octanol–water partition coefficient (Wildman–Crippen LogP) is 5.75. The fourth-order valence-electron chi connectivity index (χ4n) is 1.91. The lowest BCUT2D eigenvalue weighted by atomic mass is 9.99. The Kier molecular flexibility index (Phi) is 9.37. The van der Waals surface area contributed by atoms with Gasteiger partial charge in [0, 0.05) is 0 Å². The molecule has 0 aliphatic heterocycles. The van der Waals surface area contributed by atoms with Crippen LogP contribution in [-0.2, 0) is 0 Å². The molecule has 0 saturated carbocycles. The van der Waals surface area contributed by atoms with Crippen LogP contribution in [0.5, 0.6) is 0 Å². The SMILES string of the molecule is C=CCC(C)CCC=C(C)CCCC(C)C. The van der Waals surface area contributed by atoms with Crippen molar-refractivity contribution in [1.29, 1.82) is 0 Å². The Morgan fingerprint density at radius 1 is 1.19 bits per heavy atom. The molecule has 0 fully saturated rings. The zero-order valence-corrected chi connectivity index (χ0v) is 11.8. The molecular weight excluding hydrogens is 192 g/mol. The lowest BCUT2D eigenvalue weighted by Gasteiger charge is -2.07. The Bertz CT molecular complexity index is 198. The molecule has 0 radical (unpaired) electrons. The van der Waals surface area contributed by atoms with E-state index in [1.165, 1.54) is 32.1 Å². The van der Waals surface area contributed by atoms with Crippen molar-refractivity contribution < 1.29 is 0 Å². The van der Waals surface area contributed by atoms with E-state index in [0.29, 0.717) is 0 Å². The zero-order chi connectivity index (χ0) is 12.4. The summed E-state index contributed by atoms with van der Waals surface area (Å²) in [6.07, 6.45) is 12.1. The molecule has 0 N–H and O–H groups in total. The van der Waals surface area contributed by atoms with Crippen LogP contribution in [0, 0.1) is 11.8 Å². The molecule has 0 aromatic carbocycles. The van der Waals surface area contributed by atoms with E-state index >= 15 is 0 Å². The van der Waals surface area contributed by atoms with E-state index in [1.54, 1.807) is 5.57 Å². The highest BCUT2D eigenvalue weighted by Gasteiger charge is 1.98. The van der Waals surface area contributed by atoms with Gasteiger partial charge in [-0.2, -0.15) is 0 Å². The van der Waals surface area contributed by atoms with Crippen molar-refractivity contribution in [3.05, 3.63) is 24.3 Å². The molecule has 0 aromatic rings. The summed E-state index contributed by atoms with van der Waals surface area (Å²) in [7, 11) is 0. The van der Waals surface area contributed by atoms with Crippen molar-refractivity contribution in [3.8, 4) is 0 Å². The molecule has 1 unspecified atom stereocenters. The third-order valence-corrected chi connectivity index (χ3v) is 3.07. The normalized spacial score (nSPS) is 14.2. The summed E-state index contributed by atoms with van der Waals surface area (Å²) in [5.41, 5.74) is 1.58. The molecule has 1 atom stereocenters. The van der Waals surface area contributed by atoms with Crippen molar-refractivity contribution in [2.75, 3.05) is 0 Å². The first kappa shape index (κ1) is 15.5. The Morgan fingerprint density at radius 2 is 1.88 bits per heavy atom. The van der Waals surface area contributed by atoms with Crippen molar-refractivity contribution in [2.45, 2.75) is 66.2 Å². The van der Waals surface area contributed by atoms with Crippen LogP contribution in [0.1, 0.15) is 66.2 Å². The monoisotopic (exact) mass is 222 g/mol. The minimum Gasteiger partial charge on any atom is -0.103 e. The molecular formula is C16H30. The van der Waals surface area contributed by atoms with Crippen molar-refractivity contribution in [2.24, 2.45) is 11.8 Å². The van der Waals surface area contributed by atoms with E-state index in [-0.39, 0.29) is 0 Å². The van der Waals surface area contributed by atoms with Crippen molar-refractivity contribution in [3.63, 3.8) is 0 Å². The van der Waals surface area contributed by atoms with Gasteiger partial charge in [-0.25, -0.2) is 0 Å². The van der Waals surface area contributed by atoms with E-state index in [9.17, 15) is 0 Å². The fourth-order valence-corrected chi connectivity index (χ4v) is 1.91. The Hall–Kier alpha value is -0.520. The molecule has 0 heterocycles. The summed E-state index contributed by atoms with van der Waals surface area (Å²) < 4.78 is 0. The van der Waals surface area contributed by atoms with Crippen LogP contribution in [-0.4, -0.2) is 0 Å². The first-order valence-electron chi connectivity index (χ1n) is 6.82. The number of hydrogen-bond acceptors (Lipinski definition) is 0. The standard InChI is InChI=1S/C16H30/c1-6-9-15(4)12-8-13-16(5)11-7-10-14(2)3/h6,13-15H,1,7-12H2,2-5H3. The predicted molar refractivity (Wildman–Crippen MR) is 75.7 cm³/mol. The Morgan fingerprint density at radius 3 is 2.44 bits per heavy atom. The summed E-state index contributed by atoms with van der Waals surface area (Å²) in [5.74, 6) is 1.64. The largest absolute Gasteiger partial charge is 0.103 e. The highest BCUT2D eigenvalue weighted by molar-refractivity contribution is 4.97. The van der Waals surface area contributed by atoms with Gasteiger partial charge in [0.2, 0.25) is 0 Å². The van der Waals surface area contributed by atoms with Crippen LogP contribution in [0.15, 0.2) is 24.3 Å². The van der Waals surface area contributed by atoms with Crippen LogP contribution < -0.4 is 0 Å². The quantitative estimate of drug-likeness (QED) is 0.436. The van der Waals surface area contributed by atoms with Gasteiger partial charge in [-0.05, 0) is 50.9 Å². The maximum absolute atomic E-state index is 3.79. The number of allylic oxidation sites excluding steroid dienone is 3. The average Bonchev–Trinajstić information content (AvgIpc) is 2.17. The van der Waals surface area contributed by atoms with Gasteiger partial charge >= 0.3 is 0 Å². The van der Waals surface area contributed by atoms with Crippen LogP contribution >= 0.6 is 0 Å². The van der Waals surface area contributed by atoms with Crippen LogP contribution in [0.25, 0.3) is 0 Å². The summed E-state index contributed by atoms with van der Waals surface area (Å²) in [6, 6.07) is 0. The lowest BCUT2D eigenvalue weighted by Crippen LogP contribution is -1.91. The summed E-state index contributed by atoms with van der Waals surface area (Å²) in [5, 5.41) is 0. The highest BCUT2D eigenvalue weighted by Crippen LogP contribution is 2.15. The summed E-state index contributed by atoms with van der Waals surface area (Å²) in [4.78, 5) is 0. The second-order valence-corrected chi connectivity index (χ2v) is 5.54. The topological polar surface area (TPSA) is 0 Å². The molecule has 0 aliphatic carbocycles. The van der Waals surface area contributed by atoms with Gasteiger partial charge in [0.05, 0.1) is 0 Å². The third kappa shape index (κ3) is 10.0. The van der Waals surface area contributed by atoms with Crippen molar-refractivity contribution in [1.82, 2.24) is 0 Å². The van der Waals surface area contributed by atoms with E-state index in [1.807, 2.05) is 6.08 Å². The molecule has 16 heavy (non-hydrogen) atoms. The lowest BCUT2D eigenvalue weighted by molar-refractivity contribution is 0.541. The van der Waals surface area contributed by atoms with Gasteiger partial charge in [0.25, 0.3) is 0 Å². The molecule has 94 valence electrons. The maximum Gasteiger partial charge on any atom is -0.0323 e. The third-order valence-electron chi connectivity index (χ3n) is 3.07. The zero-order valence-electron chi connectivity index (χ0n) is 11.8. The van der Waals surface area contributed by atoms with E-state index in [0.717, 1.165) is 18.3 Å². The number of rotatable bonds is 9. The first-order chi connectivity index (χ1) is 7.56. The van der Waals surface area contributed by atoms with Gasteiger partial charge in [-0.3, -0.25) is 0 Å². The molecule has 0 amide bonds. The molecule has 0 rings (SSSR count). The number of hydrogen-bond donors (Lipinski definition) is 0. The summed E-state index contributed by atoms with van der Waals surface area (Å²) in [6.45, 7) is 13.0. The highest BCUT2D eigenvalue weighted by atomic mass is 14.0. The van der Waals surface area contributed by atoms with Gasteiger partial charge in [0.15, 0.2) is 0 Å². The minimum absolute atomic E-state index is 0.789. The van der Waals surface area contributed by atoms with Crippen molar-refractivity contribution >= 4 is 0 Å². The Balaban J connectivity index is 3.58. The van der Waals surface area contributed by atoms with Crippen LogP contribution in [0.2, 0.25) is 0 Å². The Labute approximate surface area is 103 Å².